The third-order valence-corrected chi connectivity index (χ3v) is 0.788. The molecule has 0 saturated heterocycles. The Hall–Kier alpha value is -1.02. The van der Waals surface area contributed by atoms with E-state index >= 15 is 0 Å². The van der Waals surface area contributed by atoms with Crippen molar-refractivity contribution in [2.24, 2.45) is 5.84 Å². The Kier molecular flexibility index (Phi) is 3.48. The van der Waals surface area contributed by atoms with Crippen molar-refractivity contribution >= 4 is 0 Å². The van der Waals surface area contributed by atoms with Crippen LogP contribution in [0.15, 0.2) is 36.6 Å². The normalized spacial score (nSPS) is 10.7. The predicted octanol–water partition coefficient (Wildman–Crippen LogP) is 1.10. The first kappa shape index (κ1) is 7.98. The van der Waals surface area contributed by atoms with Crippen LogP contribution >= 0.6 is 0 Å². The van der Waals surface area contributed by atoms with Gasteiger partial charge in [-0.05, 0) is 19.1 Å². The minimum atomic E-state index is 0.780. The predicted molar refractivity (Wildman–Crippen MR) is 40.4 cm³/mol. The fourth-order valence-electron chi connectivity index (χ4n) is 0.425. The van der Waals surface area contributed by atoms with Gasteiger partial charge in [-0.3, -0.25) is 5.84 Å². The van der Waals surface area contributed by atoms with E-state index in [4.69, 9.17) is 5.84 Å². The first-order valence-corrected chi connectivity index (χ1v) is 2.67. The van der Waals surface area contributed by atoms with Crippen LogP contribution in [0.25, 0.3) is 0 Å². The highest BCUT2D eigenvalue weighted by Gasteiger charge is 1.82. The molecule has 0 saturated carbocycles. The monoisotopic (exact) mass is 124 g/mol. The van der Waals surface area contributed by atoms with Gasteiger partial charge in [0.2, 0.25) is 0 Å². The van der Waals surface area contributed by atoms with Crippen LogP contribution in [0.3, 0.4) is 0 Å². The Balaban J connectivity index is 4.07. The number of hydrogen-bond donors (Lipinski definition) is 2. The summed E-state index contributed by atoms with van der Waals surface area (Å²) in [6, 6.07) is 0. The zero-order valence-corrected chi connectivity index (χ0v) is 5.65. The number of nitrogens with one attached hydrogen (secondary N) is 1. The van der Waals surface area contributed by atoms with E-state index in [0.717, 1.165) is 11.3 Å². The summed E-state index contributed by atoms with van der Waals surface area (Å²) in [6.07, 6.45) is 3.45. The lowest BCUT2D eigenvalue weighted by Crippen LogP contribution is -2.19. The molecular weight excluding hydrogens is 112 g/mol. The lowest BCUT2D eigenvalue weighted by molar-refractivity contribution is 0.915. The molecule has 0 aromatic carbocycles. The van der Waals surface area contributed by atoms with E-state index in [1.165, 1.54) is 0 Å². The summed E-state index contributed by atoms with van der Waals surface area (Å²) in [4.78, 5) is 0. The third kappa shape index (κ3) is 3.55. The molecular formula is C7H12N2. The standard InChI is InChI=1S/C7H12N2/c1-4-7(9-8)5-6(2)3/h4-5,9H,1-2,8H2,3H3/b7-5+. The van der Waals surface area contributed by atoms with E-state index in [1.54, 1.807) is 6.08 Å². The zero-order valence-electron chi connectivity index (χ0n) is 5.65. The molecule has 0 aliphatic heterocycles. The molecule has 9 heavy (non-hydrogen) atoms. The number of nitrogens with two attached hydrogens (primary N) is 1. The SMILES string of the molecule is C=C/C(=C\C(=C)C)NN. The van der Waals surface area contributed by atoms with Crippen molar-refractivity contribution in [2.45, 2.75) is 6.92 Å². The summed E-state index contributed by atoms with van der Waals surface area (Å²) in [5, 5.41) is 0. The topological polar surface area (TPSA) is 38.0 Å². The molecule has 3 N–H and O–H groups in total. The molecule has 0 amide bonds. The molecule has 0 spiro atoms. The van der Waals surface area contributed by atoms with E-state index in [-0.39, 0.29) is 0 Å². The minimum absolute atomic E-state index is 0.780. The maximum atomic E-state index is 5.10. The number of allylic oxidation sites excluding steroid dienone is 3. The molecule has 0 aromatic heterocycles. The third-order valence-electron chi connectivity index (χ3n) is 0.788. The van der Waals surface area contributed by atoms with Gasteiger partial charge in [-0.25, -0.2) is 0 Å². The molecule has 0 rings (SSSR count). The van der Waals surface area contributed by atoms with E-state index < -0.39 is 0 Å². The quantitative estimate of drug-likeness (QED) is 0.336. The van der Waals surface area contributed by atoms with Crippen LogP contribution in [0.2, 0.25) is 0 Å². The molecule has 50 valence electrons. The van der Waals surface area contributed by atoms with Crippen LogP contribution in [0, 0.1) is 0 Å². The van der Waals surface area contributed by atoms with Crippen molar-refractivity contribution in [3.8, 4) is 0 Å². The number of hydrazine groups is 1. The van der Waals surface area contributed by atoms with E-state index in [9.17, 15) is 0 Å². The van der Waals surface area contributed by atoms with Crippen molar-refractivity contribution < 1.29 is 0 Å². The van der Waals surface area contributed by atoms with Crippen LogP contribution in [0.5, 0.6) is 0 Å². The lowest BCUT2D eigenvalue weighted by atomic mass is 10.3. The molecule has 0 bridgehead atoms. The lowest BCUT2D eigenvalue weighted by Gasteiger charge is -1.97. The van der Waals surface area contributed by atoms with Crippen LogP contribution in [0.1, 0.15) is 6.92 Å². The van der Waals surface area contributed by atoms with E-state index in [2.05, 4.69) is 18.6 Å². The van der Waals surface area contributed by atoms with Gasteiger partial charge < -0.3 is 5.43 Å². The summed E-state index contributed by atoms with van der Waals surface area (Å²) >= 11 is 0. The van der Waals surface area contributed by atoms with Crippen molar-refractivity contribution in [1.29, 1.82) is 0 Å². The number of rotatable bonds is 3. The highest BCUT2D eigenvalue weighted by molar-refractivity contribution is 5.23. The summed E-state index contributed by atoms with van der Waals surface area (Å²) in [5.41, 5.74) is 4.19. The van der Waals surface area contributed by atoms with Gasteiger partial charge in [-0.2, -0.15) is 0 Å². The van der Waals surface area contributed by atoms with Crippen LogP contribution in [0.4, 0.5) is 0 Å². The fraction of sp³-hybridized carbons (Fsp3) is 0.143. The van der Waals surface area contributed by atoms with Gasteiger partial charge in [0.25, 0.3) is 0 Å². The van der Waals surface area contributed by atoms with E-state index in [1.807, 2.05) is 13.0 Å². The Morgan fingerprint density at radius 1 is 1.67 bits per heavy atom. The molecule has 0 radical (unpaired) electrons. The van der Waals surface area contributed by atoms with Gasteiger partial charge in [-0.1, -0.05) is 18.7 Å². The average molecular weight is 124 g/mol. The Morgan fingerprint density at radius 3 is 2.33 bits per heavy atom. The average Bonchev–Trinajstić information content (AvgIpc) is 1.82. The highest BCUT2D eigenvalue weighted by atomic mass is 15.2. The Morgan fingerprint density at radius 2 is 2.22 bits per heavy atom. The van der Waals surface area contributed by atoms with Crippen LogP contribution in [-0.2, 0) is 0 Å². The maximum absolute atomic E-state index is 5.10. The van der Waals surface area contributed by atoms with Crippen molar-refractivity contribution in [2.75, 3.05) is 0 Å². The van der Waals surface area contributed by atoms with Crippen molar-refractivity contribution in [1.82, 2.24) is 5.43 Å². The molecule has 2 heteroatoms. The smallest absolute Gasteiger partial charge is 0.0481 e. The second-order valence-corrected chi connectivity index (χ2v) is 1.79. The minimum Gasteiger partial charge on any atom is -0.324 e. The van der Waals surface area contributed by atoms with Crippen LogP contribution < -0.4 is 11.3 Å². The number of hydrogen-bond acceptors (Lipinski definition) is 2. The summed E-state index contributed by atoms with van der Waals surface area (Å²) < 4.78 is 0. The first-order chi connectivity index (χ1) is 4.20. The van der Waals surface area contributed by atoms with E-state index in [0.29, 0.717) is 0 Å². The van der Waals surface area contributed by atoms with Gasteiger partial charge in [-0.15, -0.1) is 0 Å². The zero-order chi connectivity index (χ0) is 7.28. The second-order valence-electron chi connectivity index (χ2n) is 1.79. The van der Waals surface area contributed by atoms with Crippen LogP contribution in [-0.4, -0.2) is 0 Å². The van der Waals surface area contributed by atoms with Gasteiger partial charge in [0, 0.05) is 5.70 Å². The molecule has 0 atom stereocenters. The van der Waals surface area contributed by atoms with Gasteiger partial charge in [0.15, 0.2) is 0 Å². The fourth-order valence-corrected chi connectivity index (χ4v) is 0.425. The van der Waals surface area contributed by atoms with Crippen molar-refractivity contribution in [3.05, 3.63) is 36.6 Å². The Bertz CT molecular complexity index is 145. The van der Waals surface area contributed by atoms with Gasteiger partial charge >= 0.3 is 0 Å². The molecule has 0 fully saturated rings. The largest absolute Gasteiger partial charge is 0.324 e. The molecule has 2 nitrogen and oxygen atoms in total. The van der Waals surface area contributed by atoms with Gasteiger partial charge in [0.05, 0.1) is 0 Å². The molecule has 0 unspecified atom stereocenters. The Labute approximate surface area is 55.7 Å². The molecule has 0 aliphatic rings. The molecule has 0 aliphatic carbocycles. The molecule has 0 aromatic rings. The maximum Gasteiger partial charge on any atom is 0.0481 e. The first-order valence-electron chi connectivity index (χ1n) is 2.67. The highest BCUT2D eigenvalue weighted by Crippen LogP contribution is 1.94. The summed E-state index contributed by atoms with van der Waals surface area (Å²) in [5.74, 6) is 5.10. The summed E-state index contributed by atoms with van der Waals surface area (Å²) in [6.45, 7) is 9.09. The second kappa shape index (κ2) is 3.92. The van der Waals surface area contributed by atoms with Gasteiger partial charge in [0.1, 0.15) is 0 Å². The van der Waals surface area contributed by atoms with Crippen molar-refractivity contribution in [3.63, 3.8) is 0 Å². The molecule has 0 heterocycles. The summed E-state index contributed by atoms with van der Waals surface area (Å²) in [7, 11) is 0.